The fourth-order valence-corrected chi connectivity index (χ4v) is 5.79. The van der Waals surface area contributed by atoms with Crippen LogP contribution in [0, 0.1) is 5.92 Å². The molecule has 0 amide bonds. The van der Waals surface area contributed by atoms with Crippen LogP contribution in [0.4, 0.5) is 0 Å². The predicted molar refractivity (Wildman–Crippen MR) is 186 cm³/mol. The fraction of sp³-hybridized carbons (Fsp3) is 0.513. The molecule has 0 heterocycles. The van der Waals surface area contributed by atoms with Gasteiger partial charge in [0.2, 0.25) is 0 Å². The van der Waals surface area contributed by atoms with Crippen molar-refractivity contribution in [3.8, 4) is 11.1 Å². The predicted octanol–water partition coefficient (Wildman–Crippen LogP) is 5.95. The van der Waals surface area contributed by atoms with Crippen molar-refractivity contribution >= 4 is 17.9 Å². The summed E-state index contributed by atoms with van der Waals surface area (Å²) in [6, 6.07) is 15.9. The Labute approximate surface area is 290 Å². The highest BCUT2D eigenvalue weighted by Crippen LogP contribution is 2.38. The van der Waals surface area contributed by atoms with Gasteiger partial charge in [-0.15, -0.1) is 0 Å². The van der Waals surface area contributed by atoms with Crippen molar-refractivity contribution in [1.29, 1.82) is 0 Å². The van der Waals surface area contributed by atoms with Crippen LogP contribution < -0.4 is 0 Å². The van der Waals surface area contributed by atoms with Crippen LogP contribution in [0.1, 0.15) is 80.1 Å². The van der Waals surface area contributed by atoms with Crippen LogP contribution >= 0.6 is 0 Å². The molecule has 1 aliphatic carbocycles. The Kier molecular flexibility index (Phi) is 17.8. The van der Waals surface area contributed by atoms with Gasteiger partial charge in [0.05, 0.1) is 32.0 Å². The molecule has 1 aliphatic rings. The average Bonchev–Trinajstić information content (AvgIpc) is 3.13. The number of benzene rings is 2. The van der Waals surface area contributed by atoms with Crippen LogP contribution in [-0.4, -0.2) is 86.1 Å². The molecular weight excluding hydrogens is 628 g/mol. The van der Waals surface area contributed by atoms with Crippen molar-refractivity contribution in [2.45, 2.75) is 82.5 Å². The molecule has 0 aliphatic heterocycles. The molecule has 0 spiro atoms. The molecule has 0 saturated heterocycles. The van der Waals surface area contributed by atoms with E-state index in [1.165, 1.54) is 56.9 Å². The first-order valence-corrected chi connectivity index (χ1v) is 17.2. The zero-order chi connectivity index (χ0) is 35.4. The molecule has 2 N–H and O–H groups in total. The number of carbonyl (C=O) groups excluding carboxylic acids is 3. The third-order valence-corrected chi connectivity index (χ3v) is 8.57. The summed E-state index contributed by atoms with van der Waals surface area (Å²) in [5.41, 5.74) is 3.75. The summed E-state index contributed by atoms with van der Waals surface area (Å²) in [5.74, 6) is -0.462. The Morgan fingerprint density at radius 1 is 0.735 bits per heavy atom. The summed E-state index contributed by atoms with van der Waals surface area (Å²) < 4.78 is 26.2. The number of aliphatic hydroxyl groups excluding tert-OH is 2. The molecule has 2 unspecified atom stereocenters. The maximum atomic E-state index is 13.1. The van der Waals surface area contributed by atoms with E-state index in [4.69, 9.17) is 23.7 Å². The highest BCUT2D eigenvalue weighted by Gasteiger charge is 2.23. The number of ether oxygens (including phenoxy) is 5. The molecule has 1 saturated carbocycles. The molecule has 2 atom stereocenters. The van der Waals surface area contributed by atoms with E-state index in [9.17, 15) is 24.6 Å². The van der Waals surface area contributed by atoms with Crippen LogP contribution in [0.25, 0.3) is 11.1 Å². The molecule has 0 aromatic heterocycles. The molecule has 1 fully saturated rings. The SMILES string of the molecule is C=CC(=O)OCC(O)COCC(COCC(O)COC(=O)C=C)OC(=O)c1ccc(-c2ccc(C3CCC(CCCCC)CC3)cc2)cc1. The van der Waals surface area contributed by atoms with Crippen LogP contribution in [-0.2, 0) is 33.3 Å². The van der Waals surface area contributed by atoms with Gasteiger partial charge < -0.3 is 33.9 Å². The van der Waals surface area contributed by atoms with Gasteiger partial charge in [0, 0.05) is 12.2 Å². The van der Waals surface area contributed by atoms with Gasteiger partial charge in [0.15, 0.2) is 0 Å². The highest BCUT2D eigenvalue weighted by molar-refractivity contribution is 5.90. The normalized spacial score (nSPS) is 17.7. The smallest absolute Gasteiger partial charge is 0.338 e. The standard InChI is InChI=1S/C39H52O10/c1-4-7-8-9-28-10-12-29(13-11-28)30-14-16-31(17-15-30)32-18-20-33(21-19-32)39(44)49-36(26-45-22-34(40)24-47-37(42)5-2)27-46-23-35(41)25-48-38(43)6-3/h5-6,14-21,28-29,34-36,40-41H,2-4,7-13,22-27H2,1H3. The van der Waals surface area contributed by atoms with Gasteiger partial charge in [0.25, 0.3) is 0 Å². The Bertz CT molecular complexity index is 1260. The fourth-order valence-electron chi connectivity index (χ4n) is 5.79. The second kappa shape index (κ2) is 22.0. The lowest BCUT2D eigenvalue weighted by atomic mass is 9.77. The lowest BCUT2D eigenvalue weighted by Crippen LogP contribution is -2.33. The summed E-state index contributed by atoms with van der Waals surface area (Å²) in [6.45, 7) is 7.56. The van der Waals surface area contributed by atoms with Crippen LogP contribution in [0.15, 0.2) is 73.8 Å². The number of hydrogen-bond acceptors (Lipinski definition) is 10. The van der Waals surface area contributed by atoms with Crippen molar-refractivity contribution in [2.75, 3.05) is 39.6 Å². The van der Waals surface area contributed by atoms with E-state index in [0.29, 0.717) is 11.5 Å². The summed E-state index contributed by atoms with van der Waals surface area (Å²) in [6.07, 6.45) is 9.31. The summed E-state index contributed by atoms with van der Waals surface area (Å²) >= 11 is 0. The van der Waals surface area contributed by atoms with E-state index in [1.54, 1.807) is 12.1 Å². The lowest BCUT2D eigenvalue weighted by molar-refractivity contribution is -0.142. The van der Waals surface area contributed by atoms with Crippen molar-refractivity contribution in [2.24, 2.45) is 5.92 Å². The van der Waals surface area contributed by atoms with Crippen LogP contribution in [0.5, 0.6) is 0 Å². The molecule has 0 radical (unpaired) electrons. The Morgan fingerprint density at radius 3 is 1.73 bits per heavy atom. The molecule has 49 heavy (non-hydrogen) atoms. The first-order chi connectivity index (χ1) is 23.7. The monoisotopic (exact) mass is 680 g/mol. The zero-order valence-corrected chi connectivity index (χ0v) is 28.6. The Morgan fingerprint density at radius 2 is 1.24 bits per heavy atom. The van der Waals surface area contributed by atoms with Crippen molar-refractivity contribution in [3.63, 3.8) is 0 Å². The maximum Gasteiger partial charge on any atom is 0.338 e. The minimum absolute atomic E-state index is 0.148. The van der Waals surface area contributed by atoms with E-state index in [0.717, 1.165) is 29.2 Å². The molecule has 10 heteroatoms. The van der Waals surface area contributed by atoms with Crippen molar-refractivity contribution in [3.05, 3.63) is 85.0 Å². The summed E-state index contributed by atoms with van der Waals surface area (Å²) in [5, 5.41) is 20.1. The van der Waals surface area contributed by atoms with Gasteiger partial charge in [-0.3, -0.25) is 0 Å². The van der Waals surface area contributed by atoms with E-state index in [2.05, 4.69) is 44.3 Å². The molecule has 2 aromatic carbocycles. The van der Waals surface area contributed by atoms with Gasteiger partial charge in [0.1, 0.15) is 31.5 Å². The summed E-state index contributed by atoms with van der Waals surface area (Å²) in [4.78, 5) is 35.5. The van der Waals surface area contributed by atoms with E-state index < -0.39 is 36.2 Å². The molecule has 268 valence electrons. The number of esters is 3. The highest BCUT2D eigenvalue weighted by atomic mass is 16.6. The second-order valence-corrected chi connectivity index (χ2v) is 12.5. The lowest BCUT2D eigenvalue weighted by Gasteiger charge is -2.29. The van der Waals surface area contributed by atoms with Gasteiger partial charge in [-0.25, -0.2) is 14.4 Å². The van der Waals surface area contributed by atoms with Gasteiger partial charge in [-0.1, -0.05) is 82.2 Å². The van der Waals surface area contributed by atoms with Gasteiger partial charge >= 0.3 is 17.9 Å². The van der Waals surface area contributed by atoms with E-state index in [1.807, 2.05) is 12.1 Å². The Hall–Kier alpha value is -3.83. The number of carbonyl (C=O) groups is 3. The average molecular weight is 681 g/mol. The zero-order valence-electron chi connectivity index (χ0n) is 28.6. The van der Waals surface area contributed by atoms with E-state index >= 15 is 0 Å². The third kappa shape index (κ3) is 14.7. The van der Waals surface area contributed by atoms with Gasteiger partial charge in [-0.05, 0) is 66.3 Å². The molecule has 10 nitrogen and oxygen atoms in total. The van der Waals surface area contributed by atoms with Gasteiger partial charge in [-0.2, -0.15) is 0 Å². The number of hydrogen-bond donors (Lipinski definition) is 2. The van der Waals surface area contributed by atoms with Crippen molar-refractivity contribution in [1.82, 2.24) is 0 Å². The molecule has 2 aromatic rings. The third-order valence-electron chi connectivity index (χ3n) is 8.57. The minimum Gasteiger partial charge on any atom is -0.460 e. The van der Waals surface area contributed by atoms with Crippen LogP contribution in [0.3, 0.4) is 0 Å². The maximum absolute atomic E-state index is 13.1. The minimum atomic E-state index is -1.11. The second-order valence-electron chi connectivity index (χ2n) is 12.5. The first kappa shape index (κ1) is 39.6. The first-order valence-electron chi connectivity index (χ1n) is 17.2. The topological polar surface area (TPSA) is 138 Å². The quantitative estimate of drug-likeness (QED) is 0.0665. The van der Waals surface area contributed by atoms with Crippen LogP contribution in [0.2, 0.25) is 0 Å². The molecule has 3 rings (SSSR count). The van der Waals surface area contributed by atoms with Crippen molar-refractivity contribution < 1.29 is 48.3 Å². The summed E-state index contributed by atoms with van der Waals surface area (Å²) in [7, 11) is 0. The van der Waals surface area contributed by atoms with E-state index in [-0.39, 0.29) is 39.6 Å². The molecule has 0 bridgehead atoms. The Balaban J connectivity index is 1.53. The number of aliphatic hydroxyl groups is 2. The largest absolute Gasteiger partial charge is 0.460 e. The molecular formula is C39H52O10. The number of unbranched alkanes of at least 4 members (excludes halogenated alkanes) is 2. The number of rotatable bonds is 22.